The molecule has 0 aliphatic heterocycles. The predicted octanol–water partition coefficient (Wildman–Crippen LogP) is 4.95. The van der Waals surface area contributed by atoms with Gasteiger partial charge >= 0.3 is 55.7 Å². The van der Waals surface area contributed by atoms with E-state index < -0.39 is 93.5 Å². The first-order valence-electron chi connectivity index (χ1n) is 7.44. The van der Waals surface area contributed by atoms with Gasteiger partial charge in [0.25, 0.3) is 0 Å². The summed E-state index contributed by atoms with van der Waals surface area (Å²) in [6.07, 6.45) is -36.1. The van der Waals surface area contributed by atoms with Crippen molar-refractivity contribution in [3.8, 4) is 0 Å². The van der Waals surface area contributed by atoms with E-state index in [-0.39, 0.29) is 0 Å². The molecule has 0 aliphatic carbocycles. The summed E-state index contributed by atoms with van der Waals surface area (Å²) in [5.41, 5.74) is -5.35. The highest BCUT2D eigenvalue weighted by atomic mass is 32.3. The van der Waals surface area contributed by atoms with Crippen LogP contribution in [0.5, 0.6) is 0 Å². The minimum atomic E-state index is -8.89. The second-order valence-corrected chi connectivity index (χ2v) is 9.97. The van der Waals surface area contributed by atoms with E-state index in [4.69, 9.17) is 0 Å². The van der Waals surface area contributed by atoms with E-state index in [0.29, 0.717) is 0 Å². The smallest absolute Gasteiger partial charge is 0.168 e. The molecule has 0 N–H and O–H groups in total. The molecule has 23 heteroatoms. The average Bonchev–Trinajstić information content (AvgIpc) is 2.54. The number of hydrogen-bond donors (Lipinski definition) is 0. The van der Waals surface area contributed by atoms with Crippen molar-refractivity contribution in [2.24, 2.45) is 0 Å². The molecule has 35 heavy (non-hydrogen) atoms. The van der Waals surface area contributed by atoms with Gasteiger partial charge in [-0.05, 0) is 18.2 Å². The molecule has 0 aromatic heterocycles. The van der Waals surface area contributed by atoms with Gasteiger partial charge in [-0.2, -0.15) is 82.7 Å². The van der Waals surface area contributed by atoms with E-state index in [2.05, 4.69) is 0 Å². The molecular formula is C12H3F15NO5S2+. The SMILES string of the molecule is O=[N+](S(=O)(=O)c1cc(C(F)(F)F)cc(C(F)(F)F)c1)S(=O)(=O)C(C(F)(F)F)(C(F)(F)F)C(F)(F)F. The zero-order chi connectivity index (χ0) is 28.4. The number of benzene rings is 1. The Labute approximate surface area is 182 Å². The number of rotatable bonds is 4. The standard InChI is InChI=1S/C12H3F15NO5S2/c13-7(14,15)4-1-5(8(16,17)18)3-6(2-4)34(30,31)28(29)35(32,33)9(10(19,20)21,11(22,23)24)12(25,26)27/h1-3H/q+1. The molecule has 1 rings (SSSR count). The fourth-order valence-electron chi connectivity index (χ4n) is 2.32. The fraction of sp³-hybridized carbons (Fsp3) is 0.500. The zero-order valence-electron chi connectivity index (χ0n) is 15.2. The van der Waals surface area contributed by atoms with Gasteiger partial charge in [0.15, 0.2) is 0 Å². The Morgan fingerprint density at radius 1 is 0.543 bits per heavy atom. The number of alkyl halides is 15. The van der Waals surface area contributed by atoms with Crippen LogP contribution in [0.4, 0.5) is 65.9 Å². The molecule has 1 aromatic carbocycles. The first-order chi connectivity index (χ1) is 15.0. The van der Waals surface area contributed by atoms with Crippen LogP contribution in [0.25, 0.3) is 0 Å². The van der Waals surface area contributed by atoms with E-state index in [0.717, 1.165) is 0 Å². The van der Waals surface area contributed by atoms with Gasteiger partial charge in [-0.1, -0.05) is 0 Å². The second kappa shape index (κ2) is 8.09. The summed E-state index contributed by atoms with van der Waals surface area (Å²) >= 11 is 0. The van der Waals surface area contributed by atoms with Gasteiger partial charge in [0, 0.05) is 0 Å². The van der Waals surface area contributed by atoms with Crippen molar-refractivity contribution in [2.75, 3.05) is 0 Å². The third-order valence-corrected chi connectivity index (χ3v) is 8.10. The van der Waals surface area contributed by atoms with Crippen LogP contribution >= 0.6 is 0 Å². The number of nitroso groups, excluding NO2 is 1. The van der Waals surface area contributed by atoms with Crippen molar-refractivity contribution < 1.29 is 86.3 Å². The first-order valence-corrected chi connectivity index (χ1v) is 10.3. The van der Waals surface area contributed by atoms with Crippen molar-refractivity contribution in [2.45, 2.75) is 40.5 Å². The van der Waals surface area contributed by atoms with Crippen LogP contribution < -0.4 is 0 Å². The molecule has 0 fully saturated rings. The van der Waals surface area contributed by atoms with Gasteiger partial charge in [-0.3, -0.25) is 0 Å². The van der Waals surface area contributed by atoms with Crippen LogP contribution in [0, 0.1) is 4.91 Å². The zero-order valence-corrected chi connectivity index (χ0v) is 16.8. The van der Waals surface area contributed by atoms with E-state index in [1.807, 2.05) is 0 Å². The summed E-state index contributed by atoms with van der Waals surface area (Å²) in [6.45, 7) is 0. The lowest BCUT2D eigenvalue weighted by atomic mass is 10.1. The summed E-state index contributed by atoms with van der Waals surface area (Å²) < 4.78 is 229. The lowest BCUT2D eigenvalue weighted by Crippen LogP contribution is -2.72. The Hall–Kier alpha value is -2.33. The normalized spacial score (nSPS) is 15.3. The van der Waals surface area contributed by atoms with Crippen LogP contribution in [0.1, 0.15) is 11.1 Å². The molecule has 0 heterocycles. The topological polar surface area (TPSA) is 88.4 Å². The molecule has 0 atom stereocenters. The highest BCUT2D eigenvalue weighted by molar-refractivity contribution is 7.98. The van der Waals surface area contributed by atoms with Crippen LogP contribution in [0.2, 0.25) is 0 Å². The van der Waals surface area contributed by atoms with Crippen LogP contribution in [0.15, 0.2) is 23.1 Å². The molecule has 0 spiro atoms. The summed E-state index contributed by atoms with van der Waals surface area (Å²) in [4.78, 5) is 8.83. The number of halogens is 15. The highest BCUT2D eigenvalue weighted by Crippen LogP contribution is 2.58. The summed E-state index contributed by atoms with van der Waals surface area (Å²) in [5.74, 6) is 0. The third-order valence-electron chi connectivity index (χ3n) is 3.84. The number of nitrogens with zero attached hydrogens (tertiary/aromatic N) is 1. The third kappa shape index (κ3) is 4.87. The lowest BCUT2D eigenvalue weighted by Gasteiger charge is -2.33. The van der Waals surface area contributed by atoms with Gasteiger partial charge in [0.05, 0.1) is 16.0 Å². The predicted molar refractivity (Wildman–Crippen MR) is 77.1 cm³/mol. The molecule has 202 valence electrons. The second-order valence-electron chi connectivity index (χ2n) is 6.09. The van der Waals surface area contributed by atoms with Crippen molar-refractivity contribution >= 4 is 20.0 Å². The summed E-state index contributed by atoms with van der Waals surface area (Å²) in [5, 5.41) is 0. The minimum Gasteiger partial charge on any atom is -0.168 e. The van der Waals surface area contributed by atoms with E-state index in [1.54, 1.807) is 0 Å². The van der Waals surface area contributed by atoms with Crippen molar-refractivity contribution in [3.63, 3.8) is 0 Å². The maximum absolute atomic E-state index is 13.0. The molecule has 6 nitrogen and oxygen atoms in total. The fourth-order valence-corrected chi connectivity index (χ4v) is 5.78. The Kier molecular flexibility index (Phi) is 7.10. The monoisotopic (exact) mass is 590 g/mol. The quantitative estimate of drug-likeness (QED) is 0.366. The molecule has 0 aliphatic rings. The molecule has 0 unspecified atom stereocenters. The van der Waals surface area contributed by atoms with Gasteiger partial charge in [-0.15, -0.1) is 0 Å². The van der Waals surface area contributed by atoms with Crippen LogP contribution in [0.3, 0.4) is 0 Å². The molecular weight excluding hydrogens is 587 g/mol. The first kappa shape index (κ1) is 30.7. The maximum Gasteiger partial charge on any atom is 0.459 e. The molecule has 0 radical (unpaired) electrons. The Morgan fingerprint density at radius 2 is 0.829 bits per heavy atom. The lowest BCUT2D eigenvalue weighted by molar-refractivity contribution is -0.360. The van der Waals surface area contributed by atoms with Crippen LogP contribution in [-0.2, 0) is 32.4 Å². The van der Waals surface area contributed by atoms with Crippen molar-refractivity contribution in [3.05, 3.63) is 34.2 Å². The van der Waals surface area contributed by atoms with Gasteiger partial charge in [0.1, 0.15) is 4.90 Å². The Bertz CT molecular complexity index is 1150. The minimum absolute atomic E-state index is 0.867. The molecule has 0 bridgehead atoms. The summed E-state index contributed by atoms with van der Waals surface area (Å²) in [7, 11) is -16.3. The van der Waals surface area contributed by atoms with E-state index in [1.165, 1.54) is 0 Å². The van der Waals surface area contributed by atoms with Crippen molar-refractivity contribution in [1.82, 2.24) is 0 Å². The van der Waals surface area contributed by atoms with Gasteiger partial charge in [-0.25, -0.2) is 0 Å². The molecule has 0 amide bonds. The number of sulfonamides is 2. The molecule has 0 saturated heterocycles. The highest BCUT2D eigenvalue weighted by Gasteiger charge is 2.96. The van der Waals surface area contributed by atoms with Gasteiger partial charge < -0.3 is 0 Å². The summed E-state index contributed by atoms with van der Waals surface area (Å²) in [6, 6.07) is -2.95. The van der Waals surface area contributed by atoms with E-state index >= 15 is 0 Å². The Balaban J connectivity index is 4.15. The number of hydrogen-bond acceptors (Lipinski definition) is 5. The molecule has 0 saturated carbocycles. The Morgan fingerprint density at radius 3 is 1.06 bits per heavy atom. The van der Waals surface area contributed by atoms with Crippen LogP contribution in [-0.4, -0.2) is 43.7 Å². The maximum atomic E-state index is 13.0. The van der Waals surface area contributed by atoms with Crippen molar-refractivity contribution in [1.29, 1.82) is 0 Å². The van der Waals surface area contributed by atoms with E-state index in [9.17, 15) is 87.6 Å². The van der Waals surface area contributed by atoms with Gasteiger partial charge in [0.2, 0.25) is 3.57 Å². The largest absolute Gasteiger partial charge is 0.459 e. The average molecular weight is 590 g/mol. The molecule has 1 aromatic rings.